The second-order valence-corrected chi connectivity index (χ2v) is 5.99. The molecule has 2 aromatic rings. The highest BCUT2D eigenvalue weighted by Crippen LogP contribution is 2.31. The van der Waals surface area contributed by atoms with Gasteiger partial charge in [-0.3, -0.25) is 0 Å². The van der Waals surface area contributed by atoms with Crippen LogP contribution in [0.4, 0.5) is 14.6 Å². The molecule has 0 aliphatic carbocycles. The lowest BCUT2D eigenvalue weighted by Crippen LogP contribution is -2.18. The summed E-state index contributed by atoms with van der Waals surface area (Å²) in [7, 11) is 1.76. The summed E-state index contributed by atoms with van der Waals surface area (Å²) in [5.41, 5.74) is 1.22. The summed E-state index contributed by atoms with van der Waals surface area (Å²) in [4.78, 5) is 8.98. The molecule has 0 saturated heterocycles. The van der Waals surface area contributed by atoms with Gasteiger partial charge in [-0.15, -0.1) is 0 Å². The van der Waals surface area contributed by atoms with Gasteiger partial charge in [0.2, 0.25) is 0 Å². The molecule has 0 radical (unpaired) electrons. The summed E-state index contributed by atoms with van der Waals surface area (Å²) >= 11 is 0. The molecule has 1 heterocycles. The molecule has 0 amide bonds. The van der Waals surface area contributed by atoms with Crippen LogP contribution in [0.25, 0.3) is 11.3 Å². The molecular formula is C16H19F2N3. The summed E-state index contributed by atoms with van der Waals surface area (Å²) in [6.45, 7) is 7.78. The molecule has 5 heteroatoms. The molecule has 0 unspecified atom stereocenters. The molecule has 0 bridgehead atoms. The monoisotopic (exact) mass is 291 g/mol. The van der Waals surface area contributed by atoms with E-state index in [-0.39, 0.29) is 11.0 Å². The van der Waals surface area contributed by atoms with E-state index in [0.29, 0.717) is 17.3 Å². The normalized spacial score (nSPS) is 11.6. The maximum Gasteiger partial charge on any atom is 0.136 e. The van der Waals surface area contributed by atoms with E-state index in [1.807, 2.05) is 27.7 Å². The van der Waals surface area contributed by atoms with Gasteiger partial charge >= 0.3 is 0 Å². The van der Waals surface area contributed by atoms with Gasteiger partial charge in [-0.2, -0.15) is 0 Å². The summed E-state index contributed by atoms with van der Waals surface area (Å²) in [5.74, 6) is 0.0244. The molecule has 0 spiro atoms. The number of nitrogens with zero attached hydrogens (tertiary/aromatic N) is 2. The van der Waals surface area contributed by atoms with Gasteiger partial charge in [0, 0.05) is 29.7 Å². The first-order valence-electron chi connectivity index (χ1n) is 6.76. The van der Waals surface area contributed by atoms with Crippen molar-refractivity contribution in [1.29, 1.82) is 0 Å². The highest BCUT2D eigenvalue weighted by atomic mass is 19.1. The second kappa shape index (κ2) is 5.39. The van der Waals surface area contributed by atoms with E-state index in [1.54, 1.807) is 7.05 Å². The first-order valence-corrected chi connectivity index (χ1v) is 6.76. The molecule has 21 heavy (non-hydrogen) atoms. The molecule has 0 aliphatic heterocycles. The molecule has 0 saturated carbocycles. The first kappa shape index (κ1) is 15.4. The van der Waals surface area contributed by atoms with Crippen LogP contribution in [0, 0.1) is 18.6 Å². The van der Waals surface area contributed by atoms with Crippen molar-refractivity contribution in [3.63, 3.8) is 0 Å². The van der Waals surface area contributed by atoms with E-state index in [2.05, 4.69) is 15.3 Å². The topological polar surface area (TPSA) is 37.8 Å². The third-order valence-corrected chi connectivity index (χ3v) is 3.24. The van der Waals surface area contributed by atoms with Gasteiger partial charge < -0.3 is 5.32 Å². The van der Waals surface area contributed by atoms with Crippen LogP contribution in [-0.2, 0) is 5.41 Å². The van der Waals surface area contributed by atoms with Crippen molar-refractivity contribution in [2.75, 3.05) is 12.4 Å². The minimum absolute atomic E-state index is 0.273. The van der Waals surface area contributed by atoms with Crippen LogP contribution < -0.4 is 5.32 Å². The fourth-order valence-electron chi connectivity index (χ4n) is 2.04. The zero-order chi connectivity index (χ0) is 15.8. The van der Waals surface area contributed by atoms with E-state index in [1.165, 1.54) is 12.1 Å². The number of rotatable bonds is 2. The van der Waals surface area contributed by atoms with Crippen molar-refractivity contribution in [3.05, 3.63) is 41.2 Å². The van der Waals surface area contributed by atoms with Crippen molar-refractivity contribution in [3.8, 4) is 11.3 Å². The van der Waals surface area contributed by atoms with E-state index >= 15 is 0 Å². The maximum atomic E-state index is 14.1. The highest BCUT2D eigenvalue weighted by molar-refractivity contribution is 5.68. The Morgan fingerprint density at radius 2 is 1.76 bits per heavy atom. The molecule has 0 atom stereocenters. The lowest BCUT2D eigenvalue weighted by Gasteiger charge is -2.20. The number of aromatic nitrogens is 2. The van der Waals surface area contributed by atoms with Crippen molar-refractivity contribution in [2.24, 2.45) is 0 Å². The van der Waals surface area contributed by atoms with Gasteiger partial charge in [-0.1, -0.05) is 20.8 Å². The van der Waals surface area contributed by atoms with Crippen LogP contribution in [0.15, 0.2) is 18.2 Å². The Balaban J connectivity index is 2.72. The van der Waals surface area contributed by atoms with E-state index < -0.39 is 11.6 Å². The van der Waals surface area contributed by atoms with Crippen molar-refractivity contribution in [1.82, 2.24) is 9.97 Å². The fraction of sp³-hybridized carbons (Fsp3) is 0.375. The highest BCUT2D eigenvalue weighted by Gasteiger charge is 2.22. The Kier molecular flexibility index (Phi) is 3.94. The zero-order valence-electron chi connectivity index (χ0n) is 12.9. The average Bonchev–Trinajstić information content (AvgIpc) is 2.38. The van der Waals surface area contributed by atoms with Crippen LogP contribution in [0.5, 0.6) is 0 Å². The van der Waals surface area contributed by atoms with Crippen LogP contribution in [-0.4, -0.2) is 17.0 Å². The third-order valence-electron chi connectivity index (χ3n) is 3.24. The predicted octanol–water partition coefficient (Wildman–Crippen LogP) is 4.07. The summed E-state index contributed by atoms with van der Waals surface area (Å²) in [6, 6.07) is 3.51. The Labute approximate surface area is 123 Å². The molecule has 3 nitrogen and oxygen atoms in total. The molecule has 1 N–H and O–H groups in total. The number of nitrogens with one attached hydrogen (secondary N) is 1. The number of anilines is 1. The minimum atomic E-state index is -0.626. The quantitative estimate of drug-likeness (QED) is 0.906. The van der Waals surface area contributed by atoms with Gasteiger partial charge in [0.15, 0.2) is 0 Å². The molecule has 0 aliphatic rings. The van der Waals surface area contributed by atoms with Gasteiger partial charge in [0.05, 0.1) is 5.69 Å². The number of hydrogen-bond acceptors (Lipinski definition) is 3. The van der Waals surface area contributed by atoms with Crippen LogP contribution >= 0.6 is 0 Å². The molecule has 1 aromatic carbocycles. The summed E-state index contributed by atoms with van der Waals surface area (Å²) < 4.78 is 27.2. The standard InChI is InChI=1S/C16H19F2N3/c1-9-13(11-7-6-10(17)8-12(11)18)20-15(16(2,3)4)21-14(9)19-5/h6-8H,1-5H3,(H,19,20,21). The van der Waals surface area contributed by atoms with E-state index in [9.17, 15) is 8.78 Å². The summed E-state index contributed by atoms with van der Waals surface area (Å²) in [6.07, 6.45) is 0. The number of halogens is 2. The van der Waals surface area contributed by atoms with Gasteiger partial charge in [0.1, 0.15) is 23.3 Å². The van der Waals surface area contributed by atoms with Crippen LogP contribution in [0.2, 0.25) is 0 Å². The van der Waals surface area contributed by atoms with Crippen molar-refractivity contribution in [2.45, 2.75) is 33.1 Å². The second-order valence-electron chi connectivity index (χ2n) is 5.99. The smallest absolute Gasteiger partial charge is 0.136 e. The average molecular weight is 291 g/mol. The van der Waals surface area contributed by atoms with E-state index in [4.69, 9.17) is 0 Å². The van der Waals surface area contributed by atoms with Crippen LogP contribution in [0.3, 0.4) is 0 Å². The SMILES string of the molecule is CNc1nc(C(C)(C)C)nc(-c2ccc(F)cc2F)c1C. The summed E-state index contributed by atoms with van der Waals surface area (Å²) in [5, 5.41) is 3.00. The number of benzene rings is 1. The first-order chi connectivity index (χ1) is 9.74. The lowest BCUT2D eigenvalue weighted by molar-refractivity contribution is 0.545. The molecule has 1 aromatic heterocycles. The minimum Gasteiger partial charge on any atom is -0.373 e. The van der Waals surface area contributed by atoms with Crippen LogP contribution in [0.1, 0.15) is 32.2 Å². The van der Waals surface area contributed by atoms with E-state index in [0.717, 1.165) is 11.6 Å². The largest absolute Gasteiger partial charge is 0.373 e. The van der Waals surface area contributed by atoms with Gasteiger partial charge in [0.25, 0.3) is 0 Å². The molecule has 0 fully saturated rings. The zero-order valence-corrected chi connectivity index (χ0v) is 12.9. The van der Waals surface area contributed by atoms with Crippen molar-refractivity contribution >= 4 is 5.82 Å². The maximum absolute atomic E-state index is 14.1. The Hall–Kier alpha value is -2.04. The third kappa shape index (κ3) is 3.01. The molecular weight excluding hydrogens is 272 g/mol. The Bertz CT molecular complexity index is 676. The van der Waals surface area contributed by atoms with Gasteiger partial charge in [-0.25, -0.2) is 18.7 Å². The fourth-order valence-corrected chi connectivity index (χ4v) is 2.04. The van der Waals surface area contributed by atoms with Gasteiger partial charge in [-0.05, 0) is 19.1 Å². The predicted molar refractivity (Wildman–Crippen MR) is 80.4 cm³/mol. The van der Waals surface area contributed by atoms with Crippen molar-refractivity contribution < 1.29 is 8.78 Å². The lowest BCUT2D eigenvalue weighted by atomic mass is 9.94. The Morgan fingerprint density at radius 3 is 2.29 bits per heavy atom. The Morgan fingerprint density at radius 1 is 1.10 bits per heavy atom. The number of hydrogen-bond donors (Lipinski definition) is 1. The molecule has 2 rings (SSSR count). The molecule has 112 valence electrons.